The number of hydrogen-bond donors (Lipinski definition) is 0. The minimum absolute atomic E-state index is 0.0297. The van der Waals surface area contributed by atoms with E-state index in [2.05, 4.69) is 15.9 Å². The van der Waals surface area contributed by atoms with Crippen molar-refractivity contribution < 1.29 is 19.1 Å². The molecule has 0 unspecified atom stereocenters. The number of amides is 1. The highest BCUT2D eigenvalue weighted by molar-refractivity contribution is 9.10. The fourth-order valence-electron chi connectivity index (χ4n) is 4.36. The molecule has 1 amide bonds. The molecule has 3 aliphatic rings. The summed E-state index contributed by atoms with van der Waals surface area (Å²) in [5, 5.41) is 0. The van der Waals surface area contributed by atoms with E-state index in [9.17, 15) is 9.59 Å². The summed E-state index contributed by atoms with van der Waals surface area (Å²) >= 11 is 3.44. The molecule has 0 N–H and O–H groups in total. The molecule has 0 saturated carbocycles. The summed E-state index contributed by atoms with van der Waals surface area (Å²) in [6.45, 7) is 6.11. The maximum Gasteiger partial charge on any atom is 0.313 e. The van der Waals surface area contributed by atoms with E-state index in [0.717, 1.165) is 10.0 Å². The van der Waals surface area contributed by atoms with Crippen LogP contribution in [0, 0.1) is 11.8 Å². The van der Waals surface area contributed by atoms with Crippen molar-refractivity contribution in [2.24, 2.45) is 11.8 Å². The second kappa shape index (κ2) is 6.20. The second-order valence-corrected chi connectivity index (χ2v) is 8.49. The Morgan fingerprint density at radius 1 is 1.31 bits per heavy atom. The standard InChI is InChI=1S/C20H22BrNO4/c1-11(2)25-19(24)16-15-8-9-20(26-15)10-22(18(23)17(16)20)12(3)13-4-6-14(21)7-5-13/h4-9,11-12,15-17H,10H2,1-3H3/t12-,15+,16+,17+,20-/m0/s1. The van der Waals surface area contributed by atoms with Crippen LogP contribution in [0.25, 0.3) is 0 Å². The Balaban J connectivity index is 1.61. The molecule has 138 valence electrons. The molecule has 0 aliphatic carbocycles. The average Bonchev–Trinajstić information content (AvgIpc) is 3.22. The van der Waals surface area contributed by atoms with Crippen molar-refractivity contribution in [3.63, 3.8) is 0 Å². The number of ether oxygens (including phenoxy) is 2. The Morgan fingerprint density at radius 2 is 2.00 bits per heavy atom. The first-order chi connectivity index (χ1) is 12.3. The molecule has 0 aromatic heterocycles. The molecule has 3 heterocycles. The lowest BCUT2D eigenvalue weighted by Crippen LogP contribution is -2.40. The van der Waals surface area contributed by atoms with Gasteiger partial charge in [0.25, 0.3) is 0 Å². The summed E-state index contributed by atoms with van der Waals surface area (Å²) in [6, 6.07) is 7.86. The van der Waals surface area contributed by atoms with Crippen LogP contribution >= 0.6 is 15.9 Å². The molecular formula is C20H22BrNO4. The second-order valence-electron chi connectivity index (χ2n) is 7.58. The number of esters is 1. The minimum Gasteiger partial charge on any atom is -0.463 e. The summed E-state index contributed by atoms with van der Waals surface area (Å²) in [5.74, 6) is -1.43. The third-order valence-corrected chi connectivity index (χ3v) is 6.10. The number of benzene rings is 1. The average molecular weight is 420 g/mol. The number of halogens is 1. The van der Waals surface area contributed by atoms with Gasteiger partial charge in [-0.15, -0.1) is 0 Å². The van der Waals surface area contributed by atoms with Gasteiger partial charge in [0.05, 0.1) is 30.7 Å². The highest BCUT2D eigenvalue weighted by atomic mass is 79.9. The van der Waals surface area contributed by atoms with Crippen molar-refractivity contribution in [1.29, 1.82) is 0 Å². The molecule has 6 heteroatoms. The predicted molar refractivity (Wildman–Crippen MR) is 99.2 cm³/mol. The first-order valence-corrected chi connectivity index (χ1v) is 9.75. The molecule has 4 rings (SSSR count). The fraction of sp³-hybridized carbons (Fsp3) is 0.500. The molecule has 1 aromatic carbocycles. The molecular weight excluding hydrogens is 398 g/mol. The first kappa shape index (κ1) is 17.7. The first-order valence-electron chi connectivity index (χ1n) is 8.96. The van der Waals surface area contributed by atoms with Crippen LogP contribution in [0.4, 0.5) is 0 Å². The van der Waals surface area contributed by atoms with Crippen LogP contribution in [0.15, 0.2) is 40.9 Å². The molecule has 2 bridgehead atoms. The zero-order chi connectivity index (χ0) is 18.6. The van der Waals surface area contributed by atoms with Gasteiger partial charge in [-0.1, -0.05) is 40.2 Å². The van der Waals surface area contributed by atoms with Gasteiger partial charge in [0, 0.05) is 4.47 Å². The number of carbonyl (C=O) groups is 2. The predicted octanol–water partition coefficient (Wildman–Crippen LogP) is 3.24. The monoisotopic (exact) mass is 419 g/mol. The lowest BCUT2D eigenvalue weighted by atomic mass is 9.77. The van der Waals surface area contributed by atoms with E-state index in [0.29, 0.717) is 6.54 Å². The maximum atomic E-state index is 13.2. The normalized spacial score (nSPS) is 33.0. The smallest absolute Gasteiger partial charge is 0.313 e. The van der Waals surface area contributed by atoms with Crippen molar-refractivity contribution in [3.05, 3.63) is 46.5 Å². The van der Waals surface area contributed by atoms with Crippen LogP contribution < -0.4 is 0 Å². The molecule has 0 radical (unpaired) electrons. The van der Waals surface area contributed by atoms with E-state index < -0.39 is 17.4 Å². The SMILES string of the molecule is CC(C)OC(=O)[C@@H]1[C@H]2C=C[C@@]3(CN([C@@H](C)c4ccc(Br)cc4)C(=O)[C@@H]13)O2. The molecule has 5 atom stereocenters. The number of likely N-dealkylation sites (tertiary alicyclic amines) is 1. The van der Waals surface area contributed by atoms with Crippen LogP contribution in [0.2, 0.25) is 0 Å². The summed E-state index contributed by atoms with van der Waals surface area (Å²) in [4.78, 5) is 27.7. The number of rotatable bonds is 4. The van der Waals surface area contributed by atoms with Crippen LogP contribution in [0.1, 0.15) is 32.4 Å². The molecule has 2 saturated heterocycles. The summed E-state index contributed by atoms with van der Waals surface area (Å²) in [6.07, 6.45) is 3.30. The van der Waals surface area contributed by atoms with E-state index in [1.165, 1.54) is 0 Å². The van der Waals surface area contributed by atoms with Gasteiger partial charge in [0.15, 0.2) is 0 Å². The van der Waals surface area contributed by atoms with E-state index in [1.54, 1.807) is 0 Å². The summed E-state index contributed by atoms with van der Waals surface area (Å²) in [7, 11) is 0. The number of carbonyl (C=O) groups excluding carboxylic acids is 2. The minimum atomic E-state index is -0.702. The topological polar surface area (TPSA) is 55.8 Å². The highest BCUT2D eigenvalue weighted by Gasteiger charge is 2.67. The van der Waals surface area contributed by atoms with Gasteiger partial charge in [0.2, 0.25) is 5.91 Å². The van der Waals surface area contributed by atoms with E-state index in [-0.39, 0.29) is 30.1 Å². The molecule has 3 aliphatic heterocycles. The Labute approximate surface area is 161 Å². The third-order valence-electron chi connectivity index (χ3n) is 5.57. The Kier molecular flexibility index (Phi) is 4.23. The van der Waals surface area contributed by atoms with Crippen LogP contribution in [0.3, 0.4) is 0 Å². The van der Waals surface area contributed by atoms with Gasteiger partial charge in [-0.2, -0.15) is 0 Å². The van der Waals surface area contributed by atoms with E-state index in [1.807, 2.05) is 62.1 Å². The summed E-state index contributed by atoms with van der Waals surface area (Å²) < 4.78 is 12.5. The largest absolute Gasteiger partial charge is 0.463 e. The lowest BCUT2D eigenvalue weighted by molar-refractivity contribution is -0.157. The lowest BCUT2D eigenvalue weighted by Gasteiger charge is -2.27. The third kappa shape index (κ3) is 2.62. The van der Waals surface area contributed by atoms with Gasteiger partial charge in [0.1, 0.15) is 11.5 Å². The van der Waals surface area contributed by atoms with Crippen LogP contribution in [-0.4, -0.2) is 41.1 Å². The Hall–Kier alpha value is -1.66. The Bertz CT molecular complexity index is 775. The van der Waals surface area contributed by atoms with Gasteiger partial charge < -0.3 is 14.4 Å². The van der Waals surface area contributed by atoms with Gasteiger partial charge in [-0.3, -0.25) is 9.59 Å². The van der Waals surface area contributed by atoms with Crippen LogP contribution in [0.5, 0.6) is 0 Å². The Morgan fingerprint density at radius 3 is 2.65 bits per heavy atom. The quantitative estimate of drug-likeness (QED) is 0.555. The van der Waals surface area contributed by atoms with Crippen molar-refractivity contribution >= 4 is 27.8 Å². The van der Waals surface area contributed by atoms with E-state index >= 15 is 0 Å². The number of nitrogens with zero attached hydrogens (tertiary/aromatic N) is 1. The summed E-state index contributed by atoms with van der Waals surface area (Å²) in [5.41, 5.74) is 0.351. The van der Waals surface area contributed by atoms with Crippen molar-refractivity contribution in [2.45, 2.75) is 44.6 Å². The molecule has 26 heavy (non-hydrogen) atoms. The van der Waals surface area contributed by atoms with Crippen molar-refractivity contribution in [1.82, 2.24) is 4.90 Å². The van der Waals surface area contributed by atoms with Gasteiger partial charge >= 0.3 is 5.97 Å². The van der Waals surface area contributed by atoms with Crippen LogP contribution in [-0.2, 0) is 19.1 Å². The van der Waals surface area contributed by atoms with Crippen molar-refractivity contribution in [3.8, 4) is 0 Å². The highest BCUT2D eigenvalue weighted by Crippen LogP contribution is 2.53. The number of hydrogen-bond acceptors (Lipinski definition) is 4. The fourth-order valence-corrected chi connectivity index (χ4v) is 4.62. The van der Waals surface area contributed by atoms with Crippen molar-refractivity contribution in [2.75, 3.05) is 6.54 Å². The zero-order valence-corrected chi connectivity index (χ0v) is 16.6. The zero-order valence-electron chi connectivity index (χ0n) is 15.0. The maximum absolute atomic E-state index is 13.2. The van der Waals surface area contributed by atoms with Gasteiger partial charge in [-0.25, -0.2) is 0 Å². The molecule has 5 nitrogen and oxygen atoms in total. The number of fused-ring (bicyclic) bond motifs is 1. The molecule has 1 spiro atoms. The molecule has 1 aromatic rings. The van der Waals surface area contributed by atoms with E-state index in [4.69, 9.17) is 9.47 Å². The van der Waals surface area contributed by atoms with Gasteiger partial charge in [-0.05, 0) is 38.5 Å². The molecule has 2 fully saturated rings.